The van der Waals surface area contributed by atoms with Gasteiger partial charge in [0.05, 0.1) is 0 Å². The van der Waals surface area contributed by atoms with Gasteiger partial charge in [0.25, 0.3) is 0 Å². The zero-order valence-electron chi connectivity index (χ0n) is 20.6. The number of aryl methyl sites for hydroxylation is 1. The van der Waals surface area contributed by atoms with Gasteiger partial charge in [0.1, 0.15) is 11.9 Å². The summed E-state index contributed by atoms with van der Waals surface area (Å²) in [5.41, 5.74) is 4.41. The molecule has 2 heterocycles. The number of aliphatic carboxylic acids is 1. The van der Waals surface area contributed by atoms with Gasteiger partial charge in [0, 0.05) is 53.3 Å². The van der Waals surface area contributed by atoms with E-state index >= 15 is 0 Å². The van der Waals surface area contributed by atoms with Crippen molar-refractivity contribution in [3.05, 3.63) is 71.3 Å². The van der Waals surface area contributed by atoms with Gasteiger partial charge in [-0.1, -0.05) is 31.4 Å². The van der Waals surface area contributed by atoms with Crippen molar-refractivity contribution in [2.75, 3.05) is 5.32 Å². The van der Waals surface area contributed by atoms with Crippen molar-refractivity contribution < 1.29 is 14.7 Å². The lowest BCUT2D eigenvalue weighted by Crippen LogP contribution is -2.38. The largest absolute Gasteiger partial charge is 0.480 e. The van der Waals surface area contributed by atoms with E-state index in [2.05, 4.69) is 20.6 Å². The topological polar surface area (TPSA) is 104 Å². The number of anilines is 2. The minimum atomic E-state index is -0.907. The number of rotatable bonds is 8. The standard InChI is InChI=1S/C29H32N4O3/c1-18-15-21-13-14-30-17-23(21)28(31-18)32-22-9-7-19(8-10-22)16-25(29(35)36)33-24-11-12-26(34)27(24)20-5-3-2-4-6-20/h7-10,13-15,17,20,25,33H,2-6,11-12,16H2,1H3,(H,31,32)(H,35,36)/t25-/m0/s1. The Labute approximate surface area is 211 Å². The third-order valence-electron chi connectivity index (χ3n) is 7.31. The van der Waals surface area contributed by atoms with E-state index in [9.17, 15) is 14.7 Å². The molecule has 0 bridgehead atoms. The number of benzene rings is 1. The molecule has 2 aliphatic rings. The number of ketones is 1. The number of nitrogens with zero attached hydrogens (tertiary/aromatic N) is 2. The van der Waals surface area contributed by atoms with Crippen molar-refractivity contribution in [1.29, 1.82) is 0 Å². The van der Waals surface area contributed by atoms with E-state index in [4.69, 9.17) is 0 Å². The summed E-state index contributed by atoms with van der Waals surface area (Å²) in [6, 6.07) is 11.0. The maximum atomic E-state index is 12.6. The number of pyridine rings is 2. The predicted molar refractivity (Wildman–Crippen MR) is 140 cm³/mol. The van der Waals surface area contributed by atoms with Gasteiger partial charge in [-0.25, -0.2) is 9.78 Å². The summed E-state index contributed by atoms with van der Waals surface area (Å²) in [6.45, 7) is 1.96. The second kappa shape index (κ2) is 10.5. The van der Waals surface area contributed by atoms with Crippen LogP contribution in [0.2, 0.25) is 0 Å². The second-order valence-electron chi connectivity index (χ2n) is 9.92. The number of carbonyl (C=O) groups excluding carboxylic acids is 1. The van der Waals surface area contributed by atoms with Gasteiger partial charge in [-0.05, 0) is 67.3 Å². The van der Waals surface area contributed by atoms with Crippen LogP contribution in [0.3, 0.4) is 0 Å². The van der Waals surface area contributed by atoms with E-state index in [0.717, 1.165) is 70.5 Å². The number of Topliss-reactive ketones (excluding diaryl/α,β-unsaturated/α-hetero) is 1. The number of allylic oxidation sites excluding steroid dienone is 2. The van der Waals surface area contributed by atoms with Crippen LogP contribution in [0.4, 0.5) is 11.5 Å². The normalized spacial score (nSPS) is 17.4. The Morgan fingerprint density at radius 3 is 2.64 bits per heavy atom. The van der Waals surface area contributed by atoms with Gasteiger partial charge < -0.3 is 15.7 Å². The smallest absolute Gasteiger partial charge is 0.326 e. The molecule has 5 rings (SSSR count). The summed E-state index contributed by atoms with van der Waals surface area (Å²) >= 11 is 0. The highest BCUT2D eigenvalue weighted by molar-refractivity contribution is 5.99. The molecular weight excluding hydrogens is 452 g/mol. The van der Waals surface area contributed by atoms with E-state index in [1.165, 1.54) is 6.42 Å². The van der Waals surface area contributed by atoms with Gasteiger partial charge in [0.15, 0.2) is 5.78 Å². The molecule has 0 unspecified atom stereocenters. The lowest BCUT2D eigenvalue weighted by molar-refractivity contribution is -0.139. The van der Waals surface area contributed by atoms with Crippen LogP contribution >= 0.6 is 0 Å². The van der Waals surface area contributed by atoms with Crippen LogP contribution < -0.4 is 10.6 Å². The van der Waals surface area contributed by atoms with E-state index in [-0.39, 0.29) is 11.7 Å². The molecule has 7 nitrogen and oxygen atoms in total. The highest BCUT2D eigenvalue weighted by Crippen LogP contribution is 2.36. The zero-order chi connectivity index (χ0) is 25.1. The molecule has 1 fully saturated rings. The Hall–Kier alpha value is -3.74. The maximum Gasteiger partial charge on any atom is 0.326 e. The van der Waals surface area contributed by atoms with Crippen molar-refractivity contribution in [1.82, 2.24) is 15.3 Å². The van der Waals surface area contributed by atoms with Crippen molar-refractivity contribution >= 4 is 34.0 Å². The summed E-state index contributed by atoms with van der Waals surface area (Å²) in [7, 11) is 0. The molecule has 3 N–H and O–H groups in total. The minimum Gasteiger partial charge on any atom is -0.480 e. The third-order valence-corrected chi connectivity index (χ3v) is 7.31. The fraction of sp³-hybridized carbons (Fsp3) is 0.379. The Morgan fingerprint density at radius 1 is 1.11 bits per heavy atom. The van der Waals surface area contributed by atoms with Gasteiger partial charge in [-0.15, -0.1) is 0 Å². The van der Waals surface area contributed by atoms with Crippen LogP contribution in [-0.4, -0.2) is 32.9 Å². The molecule has 2 aromatic heterocycles. The molecular formula is C29H32N4O3. The molecule has 3 aromatic rings. The van der Waals surface area contributed by atoms with Crippen LogP contribution in [0.1, 0.15) is 56.2 Å². The summed E-state index contributed by atoms with van der Waals surface area (Å²) in [6.07, 6.45) is 10.6. The van der Waals surface area contributed by atoms with Crippen LogP contribution in [0, 0.1) is 12.8 Å². The third kappa shape index (κ3) is 5.25. The van der Waals surface area contributed by atoms with E-state index in [0.29, 0.717) is 19.3 Å². The Kier molecular flexibility index (Phi) is 6.98. The fourth-order valence-electron chi connectivity index (χ4n) is 5.52. The molecule has 1 saturated carbocycles. The van der Waals surface area contributed by atoms with Gasteiger partial charge in [-0.3, -0.25) is 9.78 Å². The van der Waals surface area contributed by atoms with Crippen LogP contribution in [0.5, 0.6) is 0 Å². The SMILES string of the molecule is Cc1cc2ccncc2c(Nc2ccc(C[C@H](NC3=C(C4CCCCC4)C(=O)CC3)C(=O)O)cc2)n1. The van der Waals surface area contributed by atoms with Crippen LogP contribution in [0.25, 0.3) is 10.8 Å². The lowest BCUT2D eigenvalue weighted by Gasteiger charge is -2.25. The molecule has 0 spiro atoms. The van der Waals surface area contributed by atoms with Gasteiger partial charge in [-0.2, -0.15) is 0 Å². The minimum absolute atomic E-state index is 0.191. The Morgan fingerprint density at radius 2 is 1.89 bits per heavy atom. The molecule has 36 heavy (non-hydrogen) atoms. The van der Waals surface area contributed by atoms with Gasteiger partial charge >= 0.3 is 5.97 Å². The fourth-order valence-corrected chi connectivity index (χ4v) is 5.52. The van der Waals surface area contributed by atoms with E-state index in [1.807, 2.05) is 43.3 Å². The highest BCUT2D eigenvalue weighted by atomic mass is 16.4. The zero-order valence-corrected chi connectivity index (χ0v) is 20.6. The molecule has 1 atom stereocenters. The summed E-state index contributed by atoms with van der Waals surface area (Å²) < 4.78 is 0. The molecule has 1 aromatic carbocycles. The Bertz CT molecular complexity index is 1310. The molecule has 2 aliphatic carbocycles. The lowest BCUT2D eigenvalue weighted by atomic mass is 9.82. The van der Waals surface area contributed by atoms with Gasteiger partial charge in [0.2, 0.25) is 0 Å². The first-order valence-electron chi connectivity index (χ1n) is 12.8. The summed E-state index contributed by atoms with van der Waals surface area (Å²) in [4.78, 5) is 33.6. The quantitative estimate of drug-likeness (QED) is 0.390. The second-order valence-corrected chi connectivity index (χ2v) is 9.92. The number of carboxylic acid groups (broad SMARTS) is 1. The van der Waals surface area contributed by atoms with E-state index in [1.54, 1.807) is 12.4 Å². The number of carbonyl (C=O) groups is 2. The Balaban J connectivity index is 1.30. The number of nitrogens with one attached hydrogen (secondary N) is 2. The highest BCUT2D eigenvalue weighted by Gasteiger charge is 2.32. The number of aromatic nitrogens is 2. The number of fused-ring (bicyclic) bond motifs is 1. The molecule has 0 saturated heterocycles. The molecule has 0 radical (unpaired) electrons. The van der Waals surface area contributed by atoms with Crippen LogP contribution in [-0.2, 0) is 16.0 Å². The first kappa shape index (κ1) is 24.0. The summed E-state index contributed by atoms with van der Waals surface area (Å²) in [5.74, 6) is 0.299. The molecule has 0 aliphatic heterocycles. The number of hydrogen-bond acceptors (Lipinski definition) is 6. The average molecular weight is 485 g/mol. The maximum absolute atomic E-state index is 12.6. The molecule has 7 heteroatoms. The summed E-state index contributed by atoms with van der Waals surface area (Å²) in [5, 5.41) is 18.6. The molecule has 186 valence electrons. The number of carboxylic acids is 1. The van der Waals surface area contributed by atoms with Crippen molar-refractivity contribution in [2.24, 2.45) is 5.92 Å². The predicted octanol–water partition coefficient (Wildman–Crippen LogP) is 5.46. The first-order chi connectivity index (χ1) is 17.5. The van der Waals surface area contributed by atoms with Crippen molar-refractivity contribution in [3.8, 4) is 0 Å². The van der Waals surface area contributed by atoms with Crippen molar-refractivity contribution in [3.63, 3.8) is 0 Å². The average Bonchev–Trinajstić information content (AvgIpc) is 3.24. The van der Waals surface area contributed by atoms with E-state index < -0.39 is 12.0 Å². The monoisotopic (exact) mass is 484 g/mol. The molecule has 0 amide bonds. The number of hydrogen-bond donors (Lipinski definition) is 3. The van der Waals surface area contributed by atoms with Crippen LogP contribution in [0.15, 0.2) is 60.1 Å². The van der Waals surface area contributed by atoms with Crippen molar-refractivity contribution in [2.45, 2.75) is 64.3 Å². The first-order valence-corrected chi connectivity index (χ1v) is 12.8.